The van der Waals surface area contributed by atoms with E-state index in [1.807, 2.05) is 6.92 Å². The van der Waals surface area contributed by atoms with Crippen molar-refractivity contribution in [3.63, 3.8) is 0 Å². The number of nitro groups is 1. The number of nitrogens with zero attached hydrogens (tertiary/aromatic N) is 3. The molecule has 184 valence electrons. The fourth-order valence-electron chi connectivity index (χ4n) is 3.48. The highest BCUT2D eigenvalue weighted by atomic mass is 19.4. The zero-order valence-corrected chi connectivity index (χ0v) is 19.8. The SMILES string of the molecule is CCCCn1nc(C)c(C(=O)c2ccc([N+](=O)[O-])c(C(C)=C(C)C)c2C)c1OC(=O)C(F)(F)F. The van der Waals surface area contributed by atoms with Crippen LogP contribution in [-0.4, -0.2) is 32.6 Å². The van der Waals surface area contributed by atoms with Gasteiger partial charge in [-0.3, -0.25) is 14.9 Å². The molecule has 2 aromatic rings. The second-order valence-corrected chi connectivity index (χ2v) is 8.07. The Balaban J connectivity index is 2.75. The van der Waals surface area contributed by atoms with Crippen molar-refractivity contribution in [1.29, 1.82) is 0 Å². The molecule has 0 spiro atoms. The first-order chi connectivity index (χ1) is 15.7. The maximum Gasteiger partial charge on any atom is 0.491 e. The zero-order chi connectivity index (χ0) is 26.0. The first-order valence-electron chi connectivity index (χ1n) is 10.6. The van der Waals surface area contributed by atoms with Gasteiger partial charge >= 0.3 is 12.1 Å². The van der Waals surface area contributed by atoms with Gasteiger partial charge < -0.3 is 4.74 Å². The monoisotopic (exact) mass is 481 g/mol. The number of ether oxygens (including phenoxy) is 1. The molecule has 1 aromatic heterocycles. The molecule has 0 saturated carbocycles. The molecule has 0 radical (unpaired) electrons. The minimum Gasteiger partial charge on any atom is -0.400 e. The lowest BCUT2D eigenvalue weighted by atomic mass is 9.90. The minimum atomic E-state index is -5.27. The highest BCUT2D eigenvalue weighted by Gasteiger charge is 2.43. The van der Waals surface area contributed by atoms with Crippen LogP contribution in [0.4, 0.5) is 18.9 Å². The average molecular weight is 481 g/mol. The molecule has 0 aliphatic carbocycles. The van der Waals surface area contributed by atoms with Crippen molar-refractivity contribution in [3.05, 3.63) is 55.8 Å². The van der Waals surface area contributed by atoms with E-state index in [0.717, 1.165) is 10.3 Å². The van der Waals surface area contributed by atoms with Crippen LogP contribution in [-0.2, 0) is 11.3 Å². The molecule has 0 aliphatic heterocycles. The molecule has 0 unspecified atom stereocenters. The van der Waals surface area contributed by atoms with Crippen molar-refractivity contribution in [1.82, 2.24) is 9.78 Å². The molecule has 0 N–H and O–H groups in total. The van der Waals surface area contributed by atoms with Crippen molar-refractivity contribution in [2.24, 2.45) is 0 Å². The van der Waals surface area contributed by atoms with E-state index in [2.05, 4.69) is 9.84 Å². The number of halogens is 3. The second kappa shape index (κ2) is 10.2. The van der Waals surface area contributed by atoms with Gasteiger partial charge in [-0.25, -0.2) is 9.48 Å². The minimum absolute atomic E-state index is 0.0312. The number of hydrogen-bond donors (Lipinski definition) is 0. The van der Waals surface area contributed by atoms with E-state index in [-0.39, 0.29) is 40.2 Å². The maximum absolute atomic E-state index is 13.5. The van der Waals surface area contributed by atoms with E-state index in [1.165, 1.54) is 26.0 Å². The van der Waals surface area contributed by atoms with Crippen LogP contribution in [0.25, 0.3) is 5.57 Å². The topological polar surface area (TPSA) is 104 Å². The van der Waals surface area contributed by atoms with Crippen molar-refractivity contribution >= 4 is 23.0 Å². The van der Waals surface area contributed by atoms with Crippen molar-refractivity contribution in [2.45, 2.75) is 67.1 Å². The summed E-state index contributed by atoms with van der Waals surface area (Å²) in [6, 6.07) is 2.43. The number of alkyl halides is 3. The van der Waals surface area contributed by atoms with E-state index in [1.54, 1.807) is 20.8 Å². The number of hydrogen-bond acceptors (Lipinski definition) is 6. The molecule has 0 fully saturated rings. The Bertz CT molecular complexity index is 1180. The number of carbonyl (C=O) groups excluding carboxylic acids is 2. The summed E-state index contributed by atoms with van der Waals surface area (Å²) in [6.45, 7) is 10.2. The highest BCUT2D eigenvalue weighted by Crippen LogP contribution is 2.36. The Kier molecular flexibility index (Phi) is 8.01. The fraction of sp³-hybridized carbons (Fsp3) is 0.435. The van der Waals surface area contributed by atoms with Gasteiger partial charge in [0, 0.05) is 18.2 Å². The quantitative estimate of drug-likeness (QED) is 0.207. The number of benzene rings is 1. The van der Waals surface area contributed by atoms with E-state index in [9.17, 15) is 32.9 Å². The van der Waals surface area contributed by atoms with Crippen LogP contribution in [0.5, 0.6) is 5.88 Å². The van der Waals surface area contributed by atoms with Gasteiger partial charge in [0.05, 0.1) is 16.2 Å². The number of ketones is 1. The van der Waals surface area contributed by atoms with Gasteiger partial charge in [-0.15, -0.1) is 0 Å². The molecular formula is C23H26F3N3O5. The summed E-state index contributed by atoms with van der Waals surface area (Å²) in [5.74, 6) is -3.82. The highest BCUT2D eigenvalue weighted by molar-refractivity contribution is 6.13. The van der Waals surface area contributed by atoms with Crippen LogP contribution in [0.1, 0.15) is 73.3 Å². The molecule has 0 saturated heterocycles. The number of nitro benzene ring substituents is 1. The van der Waals surface area contributed by atoms with Crippen molar-refractivity contribution < 1.29 is 32.4 Å². The number of unbranched alkanes of at least 4 members (excludes halogenated alkanes) is 1. The van der Waals surface area contributed by atoms with E-state index >= 15 is 0 Å². The van der Waals surface area contributed by atoms with E-state index < -0.39 is 28.7 Å². The molecule has 0 aliphatic rings. The third-order valence-corrected chi connectivity index (χ3v) is 5.46. The smallest absolute Gasteiger partial charge is 0.400 e. The standard InChI is InChI=1S/C23H26F3N3O5/c1-7-8-11-28-21(34-22(31)23(24,25)26)19(15(6)27-28)20(30)16-9-10-17(29(32)33)18(14(16)5)13(4)12(2)3/h9-10H,7-8,11H2,1-6H3. The van der Waals surface area contributed by atoms with Gasteiger partial charge in [0.2, 0.25) is 11.7 Å². The molecule has 0 amide bonds. The predicted octanol–water partition coefficient (Wildman–Crippen LogP) is 5.72. The van der Waals surface area contributed by atoms with Gasteiger partial charge in [-0.2, -0.15) is 18.3 Å². The summed E-state index contributed by atoms with van der Waals surface area (Å²) in [5.41, 5.74) is 1.52. The number of aryl methyl sites for hydroxylation is 2. The third-order valence-electron chi connectivity index (χ3n) is 5.46. The number of aromatic nitrogens is 2. The average Bonchev–Trinajstić information content (AvgIpc) is 3.04. The van der Waals surface area contributed by atoms with Crippen LogP contribution < -0.4 is 4.74 Å². The molecule has 0 bridgehead atoms. The van der Waals surface area contributed by atoms with Crippen molar-refractivity contribution in [3.8, 4) is 5.88 Å². The Labute approximate surface area is 194 Å². The van der Waals surface area contributed by atoms with E-state index in [4.69, 9.17) is 0 Å². The Morgan fingerprint density at radius 1 is 1.15 bits per heavy atom. The Morgan fingerprint density at radius 2 is 1.76 bits per heavy atom. The summed E-state index contributed by atoms with van der Waals surface area (Å²) in [5, 5.41) is 15.7. The van der Waals surface area contributed by atoms with Gasteiger partial charge in [-0.05, 0) is 58.2 Å². The summed E-state index contributed by atoms with van der Waals surface area (Å²) < 4.78 is 44.5. The summed E-state index contributed by atoms with van der Waals surface area (Å²) >= 11 is 0. The van der Waals surface area contributed by atoms with Crippen LogP contribution in [0.15, 0.2) is 17.7 Å². The van der Waals surface area contributed by atoms with Crippen LogP contribution in [0, 0.1) is 24.0 Å². The van der Waals surface area contributed by atoms with Gasteiger partial charge in [0.15, 0.2) is 0 Å². The van der Waals surface area contributed by atoms with Gasteiger partial charge in [-0.1, -0.05) is 18.9 Å². The molecule has 34 heavy (non-hydrogen) atoms. The molecule has 1 aromatic carbocycles. The fourth-order valence-corrected chi connectivity index (χ4v) is 3.48. The van der Waals surface area contributed by atoms with Crippen LogP contribution in [0.2, 0.25) is 0 Å². The Morgan fingerprint density at radius 3 is 2.26 bits per heavy atom. The molecule has 2 rings (SSSR count). The lowest BCUT2D eigenvalue weighted by Gasteiger charge is -2.14. The van der Waals surface area contributed by atoms with Gasteiger partial charge in [0.1, 0.15) is 5.56 Å². The molecule has 1 heterocycles. The molecule has 0 atom stereocenters. The normalized spacial score (nSPS) is 11.3. The largest absolute Gasteiger partial charge is 0.491 e. The predicted molar refractivity (Wildman–Crippen MR) is 119 cm³/mol. The van der Waals surface area contributed by atoms with Crippen LogP contribution in [0.3, 0.4) is 0 Å². The lowest BCUT2D eigenvalue weighted by Crippen LogP contribution is -2.29. The third kappa shape index (κ3) is 5.35. The first-order valence-corrected chi connectivity index (χ1v) is 10.6. The van der Waals surface area contributed by atoms with E-state index in [0.29, 0.717) is 18.4 Å². The Hall–Kier alpha value is -3.50. The number of carbonyl (C=O) groups is 2. The maximum atomic E-state index is 13.5. The van der Waals surface area contributed by atoms with Gasteiger partial charge in [0.25, 0.3) is 5.69 Å². The second-order valence-electron chi connectivity index (χ2n) is 8.07. The summed E-state index contributed by atoms with van der Waals surface area (Å²) in [7, 11) is 0. The summed E-state index contributed by atoms with van der Waals surface area (Å²) in [6.07, 6.45) is -4.07. The molecule has 11 heteroatoms. The number of rotatable bonds is 8. The zero-order valence-electron chi connectivity index (χ0n) is 19.8. The van der Waals surface area contributed by atoms with Crippen molar-refractivity contribution in [2.75, 3.05) is 0 Å². The molecular weight excluding hydrogens is 455 g/mol. The lowest BCUT2D eigenvalue weighted by molar-refractivity contribution is -0.385. The van der Waals surface area contributed by atoms with Crippen LogP contribution >= 0.6 is 0 Å². The molecule has 8 nitrogen and oxygen atoms in total. The summed E-state index contributed by atoms with van der Waals surface area (Å²) in [4.78, 5) is 36.2. The number of esters is 1. The number of allylic oxidation sites excluding steroid dienone is 2. The first kappa shape index (κ1) is 26.7.